The van der Waals surface area contributed by atoms with Gasteiger partial charge in [-0.05, 0) is 32.0 Å². The zero-order valence-corrected chi connectivity index (χ0v) is 12.7. The Bertz CT molecular complexity index is 888. The topological polar surface area (TPSA) is 103 Å². The number of para-hydroxylation sites is 1. The Morgan fingerprint density at radius 2 is 2.13 bits per heavy atom. The quantitative estimate of drug-likeness (QED) is 0.765. The highest BCUT2D eigenvalue weighted by Crippen LogP contribution is 2.26. The van der Waals surface area contributed by atoms with Gasteiger partial charge in [-0.1, -0.05) is 12.1 Å². The number of pyridine rings is 1. The number of hydrogen-bond donors (Lipinski definition) is 2. The molecular weight excluding hydrogens is 296 g/mol. The van der Waals surface area contributed by atoms with E-state index in [1.807, 2.05) is 19.1 Å². The van der Waals surface area contributed by atoms with Crippen molar-refractivity contribution in [1.82, 2.24) is 14.8 Å². The van der Waals surface area contributed by atoms with Gasteiger partial charge in [0.1, 0.15) is 17.1 Å². The first-order valence-corrected chi connectivity index (χ1v) is 7.07. The molecular formula is C16H16N4O3. The zero-order chi connectivity index (χ0) is 16.6. The van der Waals surface area contributed by atoms with E-state index in [4.69, 9.17) is 15.6 Å². The van der Waals surface area contributed by atoms with Crippen LogP contribution in [0, 0.1) is 6.92 Å². The van der Waals surface area contributed by atoms with E-state index in [-0.39, 0.29) is 0 Å². The van der Waals surface area contributed by atoms with Crippen LogP contribution in [0.15, 0.2) is 36.4 Å². The van der Waals surface area contributed by atoms with Gasteiger partial charge in [-0.3, -0.25) is 0 Å². The van der Waals surface area contributed by atoms with Crippen molar-refractivity contribution in [3.8, 4) is 11.6 Å². The highest BCUT2D eigenvalue weighted by atomic mass is 16.5. The maximum Gasteiger partial charge on any atom is 0.344 e. The molecule has 0 amide bonds. The number of carbonyl (C=O) groups is 1. The monoisotopic (exact) mass is 312 g/mol. The van der Waals surface area contributed by atoms with Crippen LogP contribution in [0.1, 0.15) is 12.6 Å². The van der Waals surface area contributed by atoms with Crippen LogP contribution < -0.4 is 10.5 Å². The molecule has 0 radical (unpaired) electrons. The Morgan fingerprint density at radius 1 is 1.35 bits per heavy atom. The first-order valence-electron chi connectivity index (χ1n) is 7.07. The van der Waals surface area contributed by atoms with Gasteiger partial charge in [0.15, 0.2) is 11.9 Å². The summed E-state index contributed by atoms with van der Waals surface area (Å²) in [5, 5.41) is 14.2. The third kappa shape index (κ3) is 2.80. The van der Waals surface area contributed by atoms with Crippen LogP contribution in [0.4, 0.5) is 5.82 Å². The molecule has 0 fully saturated rings. The Balaban J connectivity index is 2.10. The Kier molecular flexibility index (Phi) is 3.61. The number of rotatable bonds is 4. The van der Waals surface area contributed by atoms with Gasteiger partial charge in [0.25, 0.3) is 0 Å². The van der Waals surface area contributed by atoms with Crippen molar-refractivity contribution in [1.29, 1.82) is 0 Å². The number of aliphatic carboxylic acids is 1. The third-order valence-corrected chi connectivity index (χ3v) is 3.40. The van der Waals surface area contributed by atoms with Crippen LogP contribution in [0.5, 0.6) is 5.75 Å². The van der Waals surface area contributed by atoms with Crippen molar-refractivity contribution in [3.63, 3.8) is 0 Å². The molecule has 3 aromatic rings. The van der Waals surface area contributed by atoms with Crippen LogP contribution in [0.25, 0.3) is 16.7 Å². The second kappa shape index (κ2) is 5.60. The first kappa shape index (κ1) is 14.8. The number of nitrogen functional groups attached to an aromatic ring is 1. The number of ether oxygens (including phenoxy) is 1. The summed E-state index contributed by atoms with van der Waals surface area (Å²) < 4.78 is 7.03. The largest absolute Gasteiger partial charge is 0.479 e. The van der Waals surface area contributed by atoms with Crippen LogP contribution in [-0.4, -0.2) is 31.9 Å². The highest BCUT2D eigenvalue weighted by Gasteiger charge is 2.15. The molecule has 0 saturated heterocycles. The fraction of sp³-hybridized carbons (Fsp3) is 0.188. The number of nitrogens with two attached hydrogens (primary N) is 1. The van der Waals surface area contributed by atoms with Crippen molar-refractivity contribution in [2.24, 2.45) is 0 Å². The van der Waals surface area contributed by atoms with E-state index in [1.54, 1.807) is 24.3 Å². The predicted octanol–water partition coefficient (Wildman–Crippen LogP) is 2.16. The lowest BCUT2D eigenvalue weighted by Gasteiger charge is -2.13. The van der Waals surface area contributed by atoms with E-state index in [2.05, 4.69) is 10.1 Å². The number of carboxylic acid groups (broad SMARTS) is 1. The minimum Gasteiger partial charge on any atom is -0.479 e. The summed E-state index contributed by atoms with van der Waals surface area (Å²) in [5.74, 6) is 0.389. The molecule has 7 nitrogen and oxygen atoms in total. The summed E-state index contributed by atoms with van der Waals surface area (Å²) in [4.78, 5) is 15.5. The SMILES string of the molecule is Cc1cc(N)n(-c2ccc3cccc(OC(C)C(=O)O)c3n2)n1. The van der Waals surface area contributed by atoms with Gasteiger partial charge in [-0.2, -0.15) is 9.78 Å². The molecule has 0 aliphatic heterocycles. The molecule has 3 rings (SSSR count). The molecule has 2 heterocycles. The van der Waals surface area contributed by atoms with Crippen molar-refractivity contribution in [2.45, 2.75) is 20.0 Å². The zero-order valence-electron chi connectivity index (χ0n) is 12.7. The number of aromatic nitrogens is 3. The number of benzene rings is 1. The second-order valence-electron chi connectivity index (χ2n) is 5.22. The van der Waals surface area contributed by atoms with Crippen LogP contribution >= 0.6 is 0 Å². The predicted molar refractivity (Wildman–Crippen MR) is 85.7 cm³/mol. The van der Waals surface area contributed by atoms with E-state index >= 15 is 0 Å². The van der Waals surface area contributed by atoms with Crippen LogP contribution in [0.2, 0.25) is 0 Å². The van der Waals surface area contributed by atoms with Crippen molar-refractivity contribution < 1.29 is 14.6 Å². The molecule has 0 saturated carbocycles. The Morgan fingerprint density at radius 3 is 2.78 bits per heavy atom. The van der Waals surface area contributed by atoms with Gasteiger partial charge in [-0.25, -0.2) is 9.78 Å². The molecule has 2 aromatic heterocycles. The highest BCUT2D eigenvalue weighted by molar-refractivity contribution is 5.85. The maximum atomic E-state index is 11.0. The minimum atomic E-state index is -1.04. The molecule has 7 heteroatoms. The van der Waals surface area contributed by atoms with E-state index < -0.39 is 12.1 Å². The fourth-order valence-electron chi connectivity index (χ4n) is 2.27. The number of carboxylic acids is 1. The second-order valence-corrected chi connectivity index (χ2v) is 5.22. The number of fused-ring (bicyclic) bond motifs is 1. The lowest BCUT2D eigenvalue weighted by molar-refractivity contribution is -0.144. The molecule has 0 aliphatic rings. The van der Waals surface area contributed by atoms with Crippen molar-refractivity contribution in [2.75, 3.05) is 5.73 Å². The maximum absolute atomic E-state index is 11.0. The number of nitrogens with zero attached hydrogens (tertiary/aromatic N) is 3. The molecule has 1 unspecified atom stereocenters. The smallest absolute Gasteiger partial charge is 0.344 e. The summed E-state index contributed by atoms with van der Waals surface area (Å²) in [6.07, 6.45) is -0.969. The van der Waals surface area contributed by atoms with Gasteiger partial charge < -0.3 is 15.6 Å². The Labute approximate surface area is 132 Å². The average molecular weight is 312 g/mol. The lowest BCUT2D eigenvalue weighted by Crippen LogP contribution is -2.23. The summed E-state index contributed by atoms with van der Waals surface area (Å²) in [6.45, 7) is 3.32. The molecule has 3 N–H and O–H groups in total. The summed E-state index contributed by atoms with van der Waals surface area (Å²) >= 11 is 0. The van der Waals surface area contributed by atoms with Gasteiger partial charge in [0.05, 0.1) is 5.69 Å². The van der Waals surface area contributed by atoms with Crippen LogP contribution in [0.3, 0.4) is 0 Å². The summed E-state index contributed by atoms with van der Waals surface area (Å²) in [6, 6.07) is 10.8. The summed E-state index contributed by atoms with van der Waals surface area (Å²) in [7, 11) is 0. The van der Waals surface area contributed by atoms with Crippen LogP contribution in [-0.2, 0) is 4.79 Å². The van der Waals surface area contributed by atoms with Gasteiger partial charge in [0.2, 0.25) is 0 Å². The number of anilines is 1. The van der Waals surface area contributed by atoms with Gasteiger partial charge >= 0.3 is 5.97 Å². The Hall–Kier alpha value is -3.09. The number of aryl methyl sites for hydroxylation is 1. The molecule has 1 aromatic carbocycles. The molecule has 0 bridgehead atoms. The minimum absolute atomic E-state index is 0.404. The van der Waals surface area contributed by atoms with Crippen molar-refractivity contribution >= 4 is 22.7 Å². The van der Waals surface area contributed by atoms with E-state index in [0.717, 1.165) is 11.1 Å². The van der Waals surface area contributed by atoms with E-state index in [1.165, 1.54) is 11.6 Å². The molecule has 0 aliphatic carbocycles. The molecule has 23 heavy (non-hydrogen) atoms. The van der Waals surface area contributed by atoms with Gasteiger partial charge in [-0.15, -0.1) is 0 Å². The van der Waals surface area contributed by atoms with Gasteiger partial charge in [0, 0.05) is 11.5 Å². The fourth-order valence-corrected chi connectivity index (χ4v) is 2.27. The average Bonchev–Trinajstić information content (AvgIpc) is 2.85. The first-order chi connectivity index (χ1) is 11.0. The number of hydrogen-bond acceptors (Lipinski definition) is 5. The molecule has 118 valence electrons. The third-order valence-electron chi connectivity index (χ3n) is 3.40. The van der Waals surface area contributed by atoms with Crippen molar-refractivity contribution in [3.05, 3.63) is 42.1 Å². The summed E-state index contributed by atoms with van der Waals surface area (Å²) in [5.41, 5.74) is 7.27. The van der Waals surface area contributed by atoms with E-state index in [0.29, 0.717) is 22.9 Å². The van der Waals surface area contributed by atoms with E-state index in [9.17, 15) is 4.79 Å². The lowest BCUT2D eigenvalue weighted by atomic mass is 10.2. The molecule has 0 spiro atoms. The molecule has 1 atom stereocenters. The standard InChI is InChI=1S/C16H16N4O3/c1-9-8-13(17)20(19-9)14-7-6-11-4-3-5-12(15(11)18-14)23-10(2)16(21)22/h3-8,10H,17H2,1-2H3,(H,21,22). The normalized spacial score (nSPS) is 12.3.